The van der Waals surface area contributed by atoms with Gasteiger partial charge in [-0.2, -0.15) is 0 Å². The fraction of sp³-hybridized carbons (Fsp3) is 0.333. The third-order valence-electron chi connectivity index (χ3n) is 4.49. The standard InChI is InChI=1S/C21H24BrN3O2S/c1-3-17(15-8-10-16(22)11-9-15)23-20(26)14-28-21-24-18-6-4-5-7-19(18)25(21)12-13-27-2/h4-11,17H,3,12-14H2,1-2H3,(H,23,26)/t17-/m0/s1. The van der Waals surface area contributed by atoms with E-state index in [1.165, 1.54) is 11.8 Å². The Hall–Kier alpha value is -1.83. The van der Waals surface area contributed by atoms with Gasteiger partial charge in [-0.25, -0.2) is 4.98 Å². The van der Waals surface area contributed by atoms with Crippen molar-refractivity contribution in [3.05, 3.63) is 58.6 Å². The van der Waals surface area contributed by atoms with Crippen molar-refractivity contribution in [2.75, 3.05) is 19.5 Å². The number of methoxy groups -OCH3 is 1. The lowest BCUT2D eigenvalue weighted by Crippen LogP contribution is -2.29. The second kappa shape index (κ2) is 10.1. The maximum Gasteiger partial charge on any atom is 0.230 e. The fourth-order valence-corrected chi connectivity index (χ4v) is 4.16. The van der Waals surface area contributed by atoms with Gasteiger partial charge in [0.25, 0.3) is 0 Å². The molecule has 3 aromatic rings. The zero-order valence-corrected chi connectivity index (χ0v) is 18.4. The number of hydrogen-bond donors (Lipinski definition) is 1. The van der Waals surface area contributed by atoms with E-state index in [1.807, 2.05) is 48.5 Å². The first-order chi connectivity index (χ1) is 13.6. The molecule has 0 aliphatic heterocycles. The van der Waals surface area contributed by atoms with Crippen LogP contribution in [0.4, 0.5) is 0 Å². The highest BCUT2D eigenvalue weighted by molar-refractivity contribution is 9.10. The Bertz CT molecular complexity index is 927. The molecule has 3 rings (SSSR count). The van der Waals surface area contributed by atoms with E-state index in [9.17, 15) is 4.79 Å². The molecule has 0 saturated carbocycles. The van der Waals surface area contributed by atoms with Gasteiger partial charge in [-0.3, -0.25) is 4.79 Å². The maximum atomic E-state index is 12.6. The van der Waals surface area contributed by atoms with E-state index in [0.717, 1.165) is 32.6 Å². The van der Waals surface area contributed by atoms with E-state index in [1.54, 1.807) is 7.11 Å². The highest BCUT2D eigenvalue weighted by Crippen LogP contribution is 2.25. The van der Waals surface area contributed by atoms with Crippen LogP contribution >= 0.6 is 27.7 Å². The molecule has 5 nitrogen and oxygen atoms in total. The summed E-state index contributed by atoms with van der Waals surface area (Å²) in [4.78, 5) is 17.3. The molecule has 7 heteroatoms. The highest BCUT2D eigenvalue weighted by Gasteiger charge is 2.16. The molecule has 1 atom stereocenters. The number of hydrogen-bond acceptors (Lipinski definition) is 4. The van der Waals surface area contributed by atoms with E-state index in [-0.39, 0.29) is 11.9 Å². The molecule has 1 aromatic heterocycles. The first-order valence-electron chi connectivity index (χ1n) is 9.24. The van der Waals surface area contributed by atoms with Gasteiger partial charge in [0.15, 0.2) is 5.16 Å². The van der Waals surface area contributed by atoms with Gasteiger partial charge in [0, 0.05) is 18.1 Å². The number of ether oxygens (including phenoxy) is 1. The third kappa shape index (κ3) is 5.16. The lowest BCUT2D eigenvalue weighted by atomic mass is 10.0. The molecule has 2 aromatic carbocycles. The number of benzene rings is 2. The Morgan fingerprint density at radius 3 is 2.71 bits per heavy atom. The van der Waals surface area contributed by atoms with Crippen molar-refractivity contribution in [1.82, 2.24) is 14.9 Å². The summed E-state index contributed by atoms with van der Waals surface area (Å²) in [5.41, 5.74) is 3.10. The molecule has 0 bridgehead atoms. The number of halogens is 1. The monoisotopic (exact) mass is 461 g/mol. The van der Waals surface area contributed by atoms with Gasteiger partial charge in [-0.05, 0) is 36.2 Å². The van der Waals surface area contributed by atoms with E-state index >= 15 is 0 Å². The first kappa shape index (κ1) is 20.9. The molecule has 0 fully saturated rings. The van der Waals surface area contributed by atoms with Crippen LogP contribution in [0.25, 0.3) is 11.0 Å². The molecule has 1 amide bonds. The Balaban J connectivity index is 1.67. The van der Waals surface area contributed by atoms with Crippen LogP contribution in [0.1, 0.15) is 24.9 Å². The summed E-state index contributed by atoms with van der Waals surface area (Å²) in [7, 11) is 1.69. The molecule has 1 N–H and O–H groups in total. The molecule has 1 heterocycles. The van der Waals surface area contributed by atoms with Crippen LogP contribution in [0.15, 0.2) is 58.2 Å². The number of aromatic nitrogens is 2. The predicted octanol–water partition coefficient (Wildman–Crippen LogP) is 4.80. The fourth-order valence-electron chi connectivity index (χ4n) is 3.04. The van der Waals surface area contributed by atoms with Crippen molar-refractivity contribution >= 4 is 44.6 Å². The molecule has 0 aliphatic carbocycles. The minimum absolute atomic E-state index is 0.00474. The maximum absolute atomic E-state index is 12.6. The number of nitrogens with one attached hydrogen (secondary N) is 1. The molecule has 0 spiro atoms. The van der Waals surface area contributed by atoms with Gasteiger partial charge in [-0.1, -0.05) is 58.9 Å². The van der Waals surface area contributed by atoms with Crippen molar-refractivity contribution in [2.24, 2.45) is 0 Å². The smallest absolute Gasteiger partial charge is 0.230 e. The topological polar surface area (TPSA) is 56.2 Å². The number of imidazole rings is 1. The minimum Gasteiger partial charge on any atom is -0.383 e. The summed E-state index contributed by atoms with van der Waals surface area (Å²) >= 11 is 4.91. The Morgan fingerprint density at radius 1 is 1.25 bits per heavy atom. The molecule has 148 valence electrons. The van der Waals surface area contributed by atoms with Gasteiger partial charge in [0.1, 0.15) is 0 Å². The number of fused-ring (bicyclic) bond motifs is 1. The van der Waals surface area contributed by atoms with Gasteiger partial charge in [-0.15, -0.1) is 0 Å². The van der Waals surface area contributed by atoms with Crippen molar-refractivity contribution in [3.63, 3.8) is 0 Å². The lowest BCUT2D eigenvalue weighted by molar-refractivity contribution is -0.119. The van der Waals surface area contributed by atoms with Crippen LogP contribution in [0.3, 0.4) is 0 Å². The lowest BCUT2D eigenvalue weighted by Gasteiger charge is -2.17. The number of carbonyl (C=O) groups excluding carboxylic acids is 1. The van der Waals surface area contributed by atoms with E-state index in [2.05, 4.69) is 37.7 Å². The Labute approximate surface area is 178 Å². The zero-order valence-electron chi connectivity index (χ0n) is 16.0. The number of rotatable bonds is 9. The number of para-hydroxylation sites is 2. The third-order valence-corrected chi connectivity index (χ3v) is 5.99. The molecule has 28 heavy (non-hydrogen) atoms. The molecular weight excluding hydrogens is 438 g/mol. The van der Waals surface area contributed by atoms with E-state index in [0.29, 0.717) is 18.9 Å². The average molecular weight is 462 g/mol. The van der Waals surface area contributed by atoms with Crippen LogP contribution in [0.2, 0.25) is 0 Å². The van der Waals surface area contributed by atoms with Crippen LogP contribution in [-0.4, -0.2) is 34.9 Å². The van der Waals surface area contributed by atoms with Gasteiger partial charge in [0.05, 0.1) is 29.4 Å². The van der Waals surface area contributed by atoms with E-state index < -0.39 is 0 Å². The second-order valence-electron chi connectivity index (χ2n) is 6.40. The van der Waals surface area contributed by atoms with Gasteiger partial charge in [0.2, 0.25) is 5.91 Å². The van der Waals surface area contributed by atoms with Crippen LogP contribution < -0.4 is 5.32 Å². The van der Waals surface area contributed by atoms with Gasteiger partial charge < -0.3 is 14.6 Å². The summed E-state index contributed by atoms with van der Waals surface area (Å²) in [5, 5.41) is 3.97. The SMILES string of the molecule is CC[C@H](NC(=O)CSc1nc2ccccc2n1CCOC)c1ccc(Br)cc1. The Kier molecular flexibility index (Phi) is 7.53. The summed E-state index contributed by atoms with van der Waals surface area (Å²) in [6.07, 6.45) is 0.838. The van der Waals surface area contributed by atoms with Crippen molar-refractivity contribution < 1.29 is 9.53 Å². The summed E-state index contributed by atoms with van der Waals surface area (Å²) in [6.45, 7) is 3.38. The number of amides is 1. The second-order valence-corrected chi connectivity index (χ2v) is 8.25. The van der Waals surface area contributed by atoms with Crippen molar-refractivity contribution in [2.45, 2.75) is 31.1 Å². The number of thioether (sulfide) groups is 1. The normalized spacial score (nSPS) is 12.2. The Morgan fingerprint density at radius 2 is 2.00 bits per heavy atom. The minimum atomic E-state index is 0.00474. The van der Waals surface area contributed by atoms with Gasteiger partial charge >= 0.3 is 0 Å². The van der Waals surface area contributed by atoms with E-state index in [4.69, 9.17) is 4.74 Å². The molecular formula is C21H24BrN3O2S. The number of carbonyl (C=O) groups is 1. The van der Waals surface area contributed by atoms with Crippen LogP contribution in [0.5, 0.6) is 0 Å². The molecule has 0 saturated heterocycles. The average Bonchev–Trinajstić information content (AvgIpc) is 3.07. The largest absolute Gasteiger partial charge is 0.383 e. The highest BCUT2D eigenvalue weighted by atomic mass is 79.9. The number of nitrogens with zero attached hydrogens (tertiary/aromatic N) is 2. The summed E-state index contributed by atoms with van der Waals surface area (Å²) in [6, 6.07) is 16.1. The first-order valence-corrected chi connectivity index (χ1v) is 11.0. The van der Waals surface area contributed by atoms with Crippen molar-refractivity contribution in [3.8, 4) is 0 Å². The zero-order chi connectivity index (χ0) is 19.9. The summed E-state index contributed by atoms with van der Waals surface area (Å²) < 4.78 is 8.37. The molecule has 0 aliphatic rings. The molecule has 0 unspecified atom stereocenters. The summed E-state index contributed by atoms with van der Waals surface area (Å²) in [5.74, 6) is 0.327. The van der Waals surface area contributed by atoms with Crippen LogP contribution in [0, 0.1) is 0 Å². The van der Waals surface area contributed by atoms with Crippen molar-refractivity contribution in [1.29, 1.82) is 0 Å². The quantitative estimate of drug-likeness (QED) is 0.464. The van der Waals surface area contributed by atoms with Crippen LogP contribution in [-0.2, 0) is 16.1 Å². The predicted molar refractivity (Wildman–Crippen MR) is 118 cm³/mol. The molecule has 0 radical (unpaired) electrons.